The molecule has 1 fully saturated rings. The molecule has 0 saturated carbocycles. The van der Waals surface area contributed by atoms with Crippen molar-refractivity contribution in [1.29, 1.82) is 0 Å². The van der Waals surface area contributed by atoms with Crippen molar-refractivity contribution in [3.05, 3.63) is 58.3 Å². The number of halogens is 1. The third kappa shape index (κ3) is 4.40. The molecule has 2 amide bonds. The van der Waals surface area contributed by atoms with Crippen molar-refractivity contribution in [3.63, 3.8) is 0 Å². The molecular formula is C19H20BrN3O3. The summed E-state index contributed by atoms with van der Waals surface area (Å²) in [5.41, 5.74) is 1.24. The van der Waals surface area contributed by atoms with Crippen LogP contribution in [-0.2, 0) is 11.3 Å². The molecule has 0 atom stereocenters. The maximum atomic E-state index is 12.6. The van der Waals surface area contributed by atoms with E-state index < -0.39 is 0 Å². The number of nitrogens with zero attached hydrogens (tertiary/aromatic N) is 2. The second kappa shape index (κ2) is 8.31. The van der Waals surface area contributed by atoms with E-state index in [4.69, 9.17) is 0 Å². The van der Waals surface area contributed by atoms with Crippen molar-refractivity contribution < 1.29 is 14.7 Å². The van der Waals surface area contributed by atoms with Gasteiger partial charge in [0.15, 0.2) is 0 Å². The van der Waals surface area contributed by atoms with Gasteiger partial charge < -0.3 is 15.3 Å². The summed E-state index contributed by atoms with van der Waals surface area (Å²) in [5, 5.41) is 12.9. The number of likely N-dealkylation sites (tertiary alicyclic amines) is 1. The first-order valence-electron chi connectivity index (χ1n) is 8.49. The molecule has 2 N–H and O–H groups in total. The molecule has 2 heterocycles. The summed E-state index contributed by atoms with van der Waals surface area (Å²) in [4.78, 5) is 30.6. The maximum Gasteiger partial charge on any atom is 0.257 e. The molecule has 1 saturated heterocycles. The molecule has 0 unspecified atom stereocenters. The number of pyridine rings is 1. The Balaban J connectivity index is 1.52. The minimum Gasteiger partial charge on any atom is -0.507 e. The summed E-state index contributed by atoms with van der Waals surface area (Å²) in [7, 11) is 0. The summed E-state index contributed by atoms with van der Waals surface area (Å²) in [6.07, 6.45) is 4.65. The number of nitrogens with one attached hydrogen (secondary N) is 1. The number of phenols is 1. The molecule has 136 valence electrons. The lowest BCUT2D eigenvalue weighted by Crippen LogP contribution is -2.42. The van der Waals surface area contributed by atoms with Crippen LogP contribution in [0, 0.1) is 5.92 Å². The van der Waals surface area contributed by atoms with E-state index in [9.17, 15) is 14.7 Å². The van der Waals surface area contributed by atoms with Crippen LogP contribution in [0.1, 0.15) is 28.8 Å². The van der Waals surface area contributed by atoms with Gasteiger partial charge in [0.25, 0.3) is 5.91 Å². The first-order valence-corrected chi connectivity index (χ1v) is 9.28. The van der Waals surface area contributed by atoms with Gasteiger partial charge in [0.05, 0.1) is 5.56 Å². The van der Waals surface area contributed by atoms with Crippen molar-refractivity contribution in [2.45, 2.75) is 19.4 Å². The number of carbonyl (C=O) groups excluding carboxylic acids is 2. The predicted octanol–water partition coefficient (Wildman–Crippen LogP) is 2.72. The topological polar surface area (TPSA) is 82.5 Å². The van der Waals surface area contributed by atoms with E-state index in [0.29, 0.717) is 32.5 Å². The number of aromatic nitrogens is 1. The number of hydrogen-bond acceptors (Lipinski definition) is 4. The molecular weight excluding hydrogens is 398 g/mol. The zero-order chi connectivity index (χ0) is 18.5. The Morgan fingerprint density at radius 3 is 2.69 bits per heavy atom. The molecule has 7 heteroatoms. The summed E-state index contributed by atoms with van der Waals surface area (Å²) in [6.45, 7) is 1.46. The van der Waals surface area contributed by atoms with Gasteiger partial charge in [-0.15, -0.1) is 0 Å². The van der Waals surface area contributed by atoms with E-state index >= 15 is 0 Å². The standard InChI is InChI=1S/C19H20BrN3O3/c20-15-3-4-16(17(24)10-15)19(26)23-8-5-14(6-9-23)18(25)22-12-13-2-1-7-21-11-13/h1-4,7,10-11,14,24H,5-6,8-9,12H2,(H,22,25). The highest BCUT2D eigenvalue weighted by Gasteiger charge is 2.28. The first-order chi connectivity index (χ1) is 12.5. The molecule has 0 radical (unpaired) electrons. The average molecular weight is 418 g/mol. The smallest absolute Gasteiger partial charge is 0.257 e. The van der Waals surface area contributed by atoms with Crippen LogP contribution >= 0.6 is 15.9 Å². The Morgan fingerprint density at radius 1 is 1.27 bits per heavy atom. The van der Waals surface area contributed by atoms with Gasteiger partial charge in [-0.2, -0.15) is 0 Å². The van der Waals surface area contributed by atoms with E-state index in [2.05, 4.69) is 26.2 Å². The summed E-state index contributed by atoms with van der Waals surface area (Å²) in [6, 6.07) is 8.59. The Morgan fingerprint density at radius 2 is 2.04 bits per heavy atom. The lowest BCUT2D eigenvalue weighted by Gasteiger charge is -2.31. The quantitative estimate of drug-likeness (QED) is 0.800. The molecule has 6 nitrogen and oxygen atoms in total. The van der Waals surface area contributed by atoms with Crippen molar-refractivity contribution in [2.75, 3.05) is 13.1 Å². The number of amides is 2. The molecule has 0 aliphatic carbocycles. The SMILES string of the molecule is O=C(NCc1cccnc1)C1CCN(C(=O)c2ccc(Br)cc2O)CC1. The van der Waals surface area contributed by atoms with E-state index in [0.717, 1.165) is 10.0 Å². The highest BCUT2D eigenvalue weighted by atomic mass is 79.9. The number of hydrogen-bond donors (Lipinski definition) is 2. The molecule has 26 heavy (non-hydrogen) atoms. The molecule has 2 aromatic rings. The van der Waals surface area contributed by atoms with Crippen LogP contribution in [0.5, 0.6) is 5.75 Å². The van der Waals surface area contributed by atoms with Crippen LogP contribution in [0.4, 0.5) is 0 Å². The molecule has 1 aromatic heterocycles. The molecule has 0 spiro atoms. The number of carbonyl (C=O) groups is 2. The van der Waals surface area contributed by atoms with Gasteiger partial charge in [-0.1, -0.05) is 22.0 Å². The Bertz CT molecular complexity index is 790. The van der Waals surface area contributed by atoms with Gasteiger partial charge in [0.1, 0.15) is 5.75 Å². The minimum atomic E-state index is -0.204. The Labute approximate surface area is 160 Å². The molecule has 3 rings (SSSR count). The Hall–Kier alpha value is -2.41. The average Bonchev–Trinajstić information content (AvgIpc) is 2.66. The summed E-state index contributed by atoms with van der Waals surface area (Å²) >= 11 is 3.26. The van der Waals surface area contributed by atoms with Crippen molar-refractivity contribution in [1.82, 2.24) is 15.2 Å². The number of rotatable bonds is 4. The molecule has 1 aliphatic heterocycles. The van der Waals surface area contributed by atoms with E-state index in [1.807, 2.05) is 12.1 Å². The van der Waals surface area contributed by atoms with Crippen LogP contribution in [0.25, 0.3) is 0 Å². The highest BCUT2D eigenvalue weighted by Crippen LogP contribution is 2.26. The monoisotopic (exact) mass is 417 g/mol. The fourth-order valence-corrected chi connectivity index (χ4v) is 3.39. The number of piperidine rings is 1. The molecule has 1 aliphatic rings. The van der Waals surface area contributed by atoms with Gasteiger partial charge in [0, 0.05) is 42.4 Å². The Kier molecular flexibility index (Phi) is 5.88. The minimum absolute atomic E-state index is 0.00689. The van der Waals surface area contributed by atoms with Gasteiger partial charge in [-0.3, -0.25) is 14.6 Å². The number of phenolic OH excluding ortho intramolecular Hbond substituents is 1. The number of aromatic hydroxyl groups is 1. The molecule has 0 bridgehead atoms. The molecule has 1 aromatic carbocycles. The second-order valence-electron chi connectivity index (χ2n) is 6.31. The maximum absolute atomic E-state index is 12.6. The fraction of sp³-hybridized carbons (Fsp3) is 0.316. The van der Waals surface area contributed by atoms with Crippen molar-refractivity contribution in [2.24, 2.45) is 5.92 Å². The lowest BCUT2D eigenvalue weighted by molar-refractivity contribution is -0.126. The van der Waals surface area contributed by atoms with Crippen LogP contribution in [0.3, 0.4) is 0 Å². The van der Waals surface area contributed by atoms with E-state index in [-0.39, 0.29) is 29.0 Å². The highest BCUT2D eigenvalue weighted by molar-refractivity contribution is 9.10. The second-order valence-corrected chi connectivity index (χ2v) is 7.22. The van der Waals surface area contributed by atoms with E-state index in [1.54, 1.807) is 29.4 Å². The lowest BCUT2D eigenvalue weighted by atomic mass is 9.95. The predicted molar refractivity (Wildman–Crippen MR) is 101 cm³/mol. The first kappa shape index (κ1) is 18.4. The van der Waals surface area contributed by atoms with Crippen LogP contribution in [0.15, 0.2) is 47.2 Å². The van der Waals surface area contributed by atoms with Gasteiger partial charge in [-0.05, 0) is 42.7 Å². The van der Waals surface area contributed by atoms with Crippen LogP contribution in [-0.4, -0.2) is 39.9 Å². The normalized spacial score (nSPS) is 14.9. The largest absolute Gasteiger partial charge is 0.507 e. The van der Waals surface area contributed by atoms with E-state index in [1.165, 1.54) is 6.07 Å². The van der Waals surface area contributed by atoms with Gasteiger partial charge >= 0.3 is 0 Å². The third-order valence-corrected chi connectivity index (χ3v) is 5.03. The van der Waals surface area contributed by atoms with Gasteiger partial charge in [-0.25, -0.2) is 0 Å². The van der Waals surface area contributed by atoms with Gasteiger partial charge in [0.2, 0.25) is 5.91 Å². The summed E-state index contributed by atoms with van der Waals surface area (Å²) < 4.78 is 0.718. The van der Waals surface area contributed by atoms with Crippen molar-refractivity contribution >= 4 is 27.7 Å². The number of benzene rings is 1. The zero-order valence-electron chi connectivity index (χ0n) is 14.2. The third-order valence-electron chi connectivity index (χ3n) is 4.53. The fourth-order valence-electron chi connectivity index (χ4n) is 3.04. The van der Waals surface area contributed by atoms with Crippen LogP contribution < -0.4 is 5.32 Å². The zero-order valence-corrected chi connectivity index (χ0v) is 15.8. The summed E-state index contributed by atoms with van der Waals surface area (Å²) in [5.74, 6) is -0.341. The van der Waals surface area contributed by atoms with Crippen molar-refractivity contribution in [3.8, 4) is 5.75 Å². The van der Waals surface area contributed by atoms with Crippen LogP contribution in [0.2, 0.25) is 0 Å².